The smallest absolute Gasteiger partial charge is 0.253 e. The molecule has 0 aliphatic carbocycles. The predicted molar refractivity (Wildman–Crippen MR) is 130 cm³/mol. The summed E-state index contributed by atoms with van der Waals surface area (Å²) in [4.78, 5) is 29.8. The molecule has 0 bridgehead atoms. The van der Waals surface area contributed by atoms with Crippen LogP contribution in [-0.4, -0.2) is 53.8 Å². The Bertz CT molecular complexity index is 904. The van der Waals surface area contributed by atoms with Crippen molar-refractivity contribution >= 4 is 11.8 Å². The van der Waals surface area contributed by atoms with Gasteiger partial charge in [0.2, 0.25) is 5.91 Å². The van der Waals surface area contributed by atoms with E-state index < -0.39 is 0 Å². The Morgan fingerprint density at radius 1 is 1.06 bits per heavy atom. The van der Waals surface area contributed by atoms with Gasteiger partial charge in [0.25, 0.3) is 5.91 Å². The highest BCUT2D eigenvalue weighted by molar-refractivity contribution is 5.94. The predicted octanol–water partition coefficient (Wildman–Crippen LogP) is 4.50. The Balaban J connectivity index is 1.54. The van der Waals surface area contributed by atoms with Gasteiger partial charge in [0, 0.05) is 24.7 Å². The van der Waals surface area contributed by atoms with Crippen molar-refractivity contribution in [3.05, 3.63) is 70.8 Å². The molecule has 0 radical (unpaired) electrons. The number of likely N-dealkylation sites (tertiary alicyclic amines) is 1. The topological polar surface area (TPSA) is 52.7 Å². The second-order valence-corrected chi connectivity index (χ2v) is 8.99. The minimum absolute atomic E-state index is 0.0179. The molecule has 32 heavy (non-hydrogen) atoms. The van der Waals surface area contributed by atoms with Gasteiger partial charge in [0.05, 0.1) is 12.6 Å². The van der Waals surface area contributed by atoms with E-state index in [9.17, 15) is 9.59 Å². The third-order valence-electron chi connectivity index (χ3n) is 6.55. The first-order chi connectivity index (χ1) is 15.4. The largest absolute Gasteiger partial charge is 0.348 e. The molecular weight excluding hydrogens is 398 g/mol. The highest BCUT2D eigenvalue weighted by atomic mass is 16.2. The summed E-state index contributed by atoms with van der Waals surface area (Å²) in [5.74, 6) is 0.165. The Hall–Kier alpha value is -2.66. The van der Waals surface area contributed by atoms with Crippen LogP contribution in [0.5, 0.6) is 0 Å². The molecule has 1 aliphatic rings. The van der Waals surface area contributed by atoms with E-state index in [1.807, 2.05) is 42.2 Å². The molecule has 1 fully saturated rings. The monoisotopic (exact) mass is 435 g/mol. The lowest BCUT2D eigenvalue weighted by Crippen LogP contribution is -2.49. The molecule has 1 atom stereocenters. The number of aryl methyl sites for hydroxylation is 2. The standard InChI is InChI=1S/C27H37N3O2/c1-5-15-30(19-26(31)28-22(4)24-12-11-20(2)21(3)18-24)25-13-16-29(17-14-25)27(32)23-9-7-6-8-10-23/h6-12,18,22,25H,5,13-17,19H2,1-4H3,(H,28,31). The summed E-state index contributed by atoms with van der Waals surface area (Å²) in [6.45, 7) is 11.2. The molecular formula is C27H37N3O2. The highest BCUT2D eigenvalue weighted by Crippen LogP contribution is 2.20. The fourth-order valence-electron chi connectivity index (χ4n) is 4.46. The zero-order valence-electron chi connectivity index (χ0n) is 19.9. The van der Waals surface area contributed by atoms with E-state index in [-0.39, 0.29) is 17.9 Å². The van der Waals surface area contributed by atoms with E-state index >= 15 is 0 Å². The van der Waals surface area contributed by atoms with Crippen LogP contribution in [0.2, 0.25) is 0 Å². The first-order valence-electron chi connectivity index (χ1n) is 11.8. The van der Waals surface area contributed by atoms with Gasteiger partial charge in [-0.3, -0.25) is 14.5 Å². The van der Waals surface area contributed by atoms with Crippen LogP contribution in [0, 0.1) is 13.8 Å². The molecule has 1 heterocycles. The summed E-state index contributed by atoms with van der Waals surface area (Å²) < 4.78 is 0. The Labute approximate surface area is 192 Å². The summed E-state index contributed by atoms with van der Waals surface area (Å²) in [5, 5.41) is 3.17. The third-order valence-corrected chi connectivity index (χ3v) is 6.55. The second-order valence-electron chi connectivity index (χ2n) is 8.99. The first kappa shape index (κ1) is 24.0. The minimum Gasteiger partial charge on any atom is -0.348 e. The van der Waals surface area contributed by atoms with Gasteiger partial charge in [-0.1, -0.05) is 43.3 Å². The average molecular weight is 436 g/mol. The summed E-state index contributed by atoms with van der Waals surface area (Å²) in [6, 6.07) is 16.2. The number of nitrogens with one attached hydrogen (secondary N) is 1. The van der Waals surface area contributed by atoms with Gasteiger partial charge in [-0.2, -0.15) is 0 Å². The number of piperidine rings is 1. The molecule has 2 aromatic rings. The highest BCUT2D eigenvalue weighted by Gasteiger charge is 2.28. The number of hydrogen-bond acceptors (Lipinski definition) is 3. The fraction of sp³-hybridized carbons (Fsp3) is 0.481. The maximum absolute atomic E-state index is 12.8. The Kier molecular flexibility index (Phi) is 8.46. The molecule has 0 spiro atoms. The van der Waals surface area contributed by atoms with Crippen molar-refractivity contribution in [1.82, 2.24) is 15.1 Å². The van der Waals surface area contributed by atoms with Crippen molar-refractivity contribution in [3.63, 3.8) is 0 Å². The molecule has 2 amide bonds. The van der Waals surface area contributed by atoms with Gasteiger partial charge in [0.1, 0.15) is 0 Å². The van der Waals surface area contributed by atoms with Crippen molar-refractivity contribution in [2.75, 3.05) is 26.2 Å². The molecule has 5 nitrogen and oxygen atoms in total. The lowest BCUT2D eigenvalue weighted by atomic mass is 10.0. The minimum atomic E-state index is -0.0179. The first-order valence-corrected chi connectivity index (χ1v) is 11.8. The van der Waals surface area contributed by atoms with Gasteiger partial charge < -0.3 is 10.2 Å². The third kappa shape index (κ3) is 6.19. The molecule has 1 N–H and O–H groups in total. The molecule has 2 aromatic carbocycles. The molecule has 5 heteroatoms. The van der Waals surface area contributed by atoms with Crippen LogP contribution in [-0.2, 0) is 4.79 Å². The summed E-state index contributed by atoms with van der Waals surface area (Å²) >= 11 is 0. The van der Waals surface area contributed by atoms with Crippen LogP contribution in [0.1, 0.15) is 66.2 Å². The molecule has 1 unspecified atom stereocenters. The van der Waals surface area contributed by atoms with E-state index in [1.54, 1.807) is 0 Å². The van der Waals surface area contributed by atoms with E-state index in [0.29, 0.717) is 12.6 Å². The maximum Gasteiger partial charge on any atom is 0.253 e. The van der Waals surface area contributed by atoms with Crippen molar-refractivity contribution in [3.8, 4) is 0 Å². The van der Waals surface area contributed by atoms with Crippen LogP contribution in [0.4, 0.5) is 0 Å². The summed E-state index contributed by atoms with van der Waals surface area (Å²) in [6.07, 6.45) is 2.81. The molecule has 3 rings (SSSR count). The van der Waals surface area contributed by atoms with Gasteiger partial charge >= 0.3 is 0 Å². The molecule has 0 saturated carbocycles. The van der Waals surface area contributed by atoms with E-state index in [4.69, 9.17) is 0 Å². The summed E-state index contributed by atoms with van der Waals surface area (Å²) in [5.41, 5.74) is 4.39. The molecule has 172 valence electrons. The zero-order valence-corrected chi connectivity index (χ0v) is 19.9. The van der Waals surface area contributed by atoms with E-state index in [0.717, 1.165) is 50.0 Å². The zero-order chi connectivity index (χ0) is 23.1. The van der Waals surface area contributed by atoms with Gasteiger partial charge in [0.15, 0.2) is 0 Å². The quantitative estimate of drug-likeness (QED) is 0.664. The number of hydrogen-bond donors (Lipinski definition) is 1. The fourth-order valence-corrected chi connectivity index (χ4v) is 4.46. The van der Waals surface area contributed by atoms with Crippen LogP contribution in [0.3, 0.4) is 0 Å². The van der Waals surface area contributed by atoms with Crippen LogP contribution < -0.4 is 5.32 Å². The SMILES string of the molecule is CCCN(CC(=O)NC(C)c1ccc(C)c(C)c1)C1CCN(C(=O)c2ccccc2)CC1. The lowest BCUT2D eigenvalue weighted by molar-refractivity contribution is -0.123. The number of benzene rings is 2. The second kappa shape index (κ2) is 11.3. The van der Waals surface area contributed by atoms with Crippen molar-refractivity contribution in [2.45, 2.75) is 59.0 Å². The molecule has 1 aliphatic heterocycles. The van der Waals surface area contributed by atoms with E-state index in [2.05, 4.69) is 49.2 Å². The molecule has 1 saturated heterocycles. The van der Waals surface area contributed by atoms with Gasteiger partial charge in [-0.05, 0) is 75.4 Å². The number of rotatable bonds is 8. The number of nitrogens with zero attached hydrogens (tertiary/aromatic N) is 2. The Morgan fingerprint density at radius 2 is 1.75 bits per heavy atom. The van der Waals surface area contributed by atoms with Gasteiger partial charge in [-0.15, -0.1) is 0 Å². The van der Waals surface area contributed by atoms with Crippen LogP contribution >= 0.6 is 0 Å². The lowest BCUT2D eigenvalue weighted by Gasteiger charge is -2.38. The average Bonchev–Trinajstić information content (AvgIpc) is 2.80. The number of amides is 2. The number of carbonyl (C=O) groups is 2. The van der Waals surface area contributed by atoms with E-state index in [1.165, 1.54) is 11.1 Å². The number of carbonyl (C=O) groups excluding carboxylic acids is 2. The van der Waals surface area contributed by atoms with Crippen LogP contribution in [0.25, 0.3) is 0 Å². The normalized spacial score (nSPS) is 15.6. The maximum atomic E-state index is 12.8. The van der Waals surface area contributed by atoms with Crippen molar-refractivity contribution in [2.24, 2.45) is 0 Å². The van der Waals surface area contributed by atoms with Crippen molar-refractivity contribution in [1.29, 1.82) is 0 Å². The van der Waals surface area contributed by atoms with Gasteiger partial charge in [-0.25, -0.2) is 0 Å². The molecule has 0 aromatic heterocycles. The Morgan fingerprint density at radius 3 is 2.38 bits per heavy atom. The van der Waals surface area contributed by atoms with Crippen molar-refractivity contribution < 1.29 is 9.59 Å². The summed E-state index contributed by atoms with van der Waals surface area (Å²) in [7, 11) is 0. The van der Waals surface area contributed by atoms with Crippen LogP contribution in [0.15, 0.2) is 48.5 Å².